The maximum Gasteiger partial charge on any atom is -0.0349 e. The number of unbranched alkanes of at least 4 members (excludes halogenated alkanes) is 15. The Kier molecular flexibility index (Phi) is 16.0. The Balaban J connectivity index is 3.25. The lowest BCUT2D eigenvalue weighted by atomic mass is 9.73. The van der Waals surface area contributed by atoms with E-state index in [1.54, 1.807) is 0 Å². The molecular weight excluding hydrogens is 312 g/mol. The predicted molar refractivity (Wildman–Crippen MR) is 122 cm³/mol. The first kappa shape index (κ1) is 26.0. The molecule has 0 aliphatic heterocycles. The summed E-state index contributed by atoms with van der Waals surface area (Å²) >= 11 is 0. The number of rotatable bonds is 18. The second-order valence-corrected chi connectivity index (χ2v) is 11.0. The van der Waals surface area contributed by atoms with Crippen molar-refractivity contribution in [3.63, 3.8) is 0 Å². The first-order valence-electron chi connectivity index (χ1n) is 12.3. The standard InChI is InChI=1S/C26H54/c1-7-8-9-10-11-12-13-14-15-16-17-18-19-20-21-22-23-26(5,6)24-25(2,3)4/h7-24H2,1-6H3. The van der Waals surface area contributed by atoms with E-state index < -0.39 is 0 Å². The van der Waals surface area contributed by atoms with Crippen LogP contribution < -0.4 is 0 Å². The van der Waals surface area contributed by atoms with Gasteiger partial charge in [-0.15, -0.1) is 0 Å². The van der Waals surface area contributed by atoms with E-state index >= 15 is 0 Å². The van der Waals surface area contributed by atoms with Crippen molar-refractivity contribution in [3.8, 4) is 0 Å². The summed E-state index contributed by atoms with van der Waals surface area (Å²) in [4.78, 5) is 0. The lowest BCUT2D eigenvalue weighted by Crippen LogP contribution is -2.20. The van der Waals surface area contributed by atoms with Gasteiger partial charge in [0.2, 0.25) is 0 Å². The van der Waals surface area contributed by atoms with Crippen LogP contribution in [0.2, 0.25) is 0 Å². The van der Waals surface area contributed by atoms with E-state index in [-0.39, 0.29) is 0 Å². The van der Waals surface area contributed by atoms with Crippen LogP contribution in [-0.4, -0.2) is 0 Å². The third-order valence-electron chi connectivity index (χ3n) is 5.72. The van der Waals surface area contributed by atoms with Gasteiger partial charge in [0.05, 0.1) is 0 Å². The molecule has 0 amide bonds. The van der Waals surface area contributed by atoms with Crippen LogP contribution >= 0.6 is 0 Å². The van der Waals surface area contributed by atoms with Gasteiger partial charge in [-0.05, 0) is 23.7 Å². The molecule has 0 saturated heterocycles. The van der Waals surface area contributed by atoms with Gasteiger partial charge in [-0.2, -0.15) is 0 Å². The zero-order valence-electron chi connectivity index (χ0n) is 19.7. The molecule has 0 heteroatoms. The van der Waals surface area contributed by atoms with Crippen LogP contribution in [0.25, 0.3) is 0 Å². The molecule has 0 atom stereocenters. The molecule has 0 radical (unpaired) electrons. The van der Waals surface area contributed by atoms with Crippen LogP contribution in [-0.2, 0) is 0 Å². The Morgan fingerprint density at radius 1 is 0.423 bits per heavy atom. The van der Waals surface area contributed by atoms with Gasteiger partial charge >= 0.3 is 0 Å². The fourth-order valence-corrected chi connectivity index (χ4v) is 4.68. The van der Waals surface area contributed by atoms with Gasteiger partial charge in [0, 0.05) is 0 Å². The molecule has 0 saturated carbocycles. The van der Waals surface area contributed by atoms with E-state index in [4.69, 9.17) is 0 Å². The van der Waals surface area contributed by atoms with Crippen molar-refractivity contribution in [3.05, 3.63) is 0 Å². The lowest BCUT2D eigenvalue weighted by Gasteiger charge is -2.32. The second kappa shape index (κ2) is 16.0. The van der Waals surface area contributed by atoms with E-state index in [0.717, 1.165) is 0 Å². The third kappa shape index (κ3) is 20.3. The van der Waals surface area contributed by atoms with Crippen molar-refractivity contribution < 1.29 is 0 Å². The Morgan fingerprint density at radius 3 is 1.04 bits per heavy atom. The Morgan fingerprint density at radius 2 is 0.731 bits per heavy atom. The predicted octanol–water partition coefficient (Wildman–Crippen LogP) is 10.1. The van der Waals surface area contributed by atoms with E-state index in [2.05, 4.69) is 41.5 Å². The van der Waals surface area contributed by atoms with E-state index in [1.165, 1.54) is 116 Å². The summed E-state index contributed by atoms with van der Waals surface area (Å²) in [7, 11) is 0. The molecule has 0 spiro atoms. The molecule has 0 aromatic rings. The zero-order chi connectivity index (χ0) is 19.7. The smallest absolute Gasteiger partial charge is 0.0349 e. The molecule has 0 unspecified atom stereocenters. The minimum Gasteiger partial charge on any atom is -0.0654 e. The largest absolute Gasteiger partial charge is 0.0654 e. The Hall–Kier alpha value is 0. The maximum atomic E-state index is 2.46. The number of hydrogen-bond acceptors (Lipinski definition) is 0. The van der Waals surface area contributed by atoms with Gasteiger partial charge in [0.25, 0.3) is 0 Å². The molecule has 0 aromatic carbocycles. The summed E-state index contributed by atoms with van der Waals surface area (Å²) in [5.41, 5.74) is 0.993. The normalized spacial score (nSPS) is 12.7. The van der Waals surface area contributed by atoms with Crippen LogP contribution in [0.3, 0.4) is 0 Å². The van der Waals surface area contributed by atoms with Crippen LogP contribution in [0.5, 0.6) is 0 Å². The highest BCUT2D eigenvalue weighted by molar-refractivity contribution is 4.76. The molecule has 0 rings (SSSR count). The molecule has 0 N–H and O–H groups in total. The molecule has 158 valence electrons. The van der Waals surface area contributed by atoms with Crippen molar-refractivity contribution in [1.29, 1.82) is 0 Å². The van der Waals surface area contributed by atoms with Gasteiger partial charge in [0.15, 0.2) is 0 Å². The summed E-state index contributed by atoms with van der Waals surface area (Å²) in [6, 6.07) is 0. The molecule has 0 nitrogen and oxygen atoms in total. The summed E-state index contributed by atoms with van der Waals surface area (Å²) in [5, 5.41) is 0. The quantitative estimate of drug-likeness (QED) is 0.212. The minimum absolute atomic E-state index is 0.471. The maximum absolute atomic E-state index is 2.46. The molecule has 26 heavy (non-hydrogen) atoms. The summed E-state index contributed by atoms with van der Waals surface area (Å²) in [6.07, 6.45) is 26.2. The van der Waals surface area contributed by atoms with Crippen molar-refractivity contribution >= 4 is 0 Å². The van der Waals surface area contributed by atoms with Crippen molar-refractivity contribution in [2.75, 3.05) is 0 Å². The van der Waals surface area contributed by atoms with Gasteiger partial charge in [-0.1, -0.05) is 144 Å². The van der Waals surface area contributed by atoms with Gasteiger partial charge in [-0.25, -0.2) is 0 Å². The Labute approximate surface area is 168 Å². The van der Waals surface area contributed by atoms with Crippen molar-refractivity contribution in [2.45, 2.75) is 157 Å². The topological polar surface area (TPSA) is 0 Å². The van der Waals surface area contributed by atoms with Crippen molar-refractivity contribution in [2.24, 2.45) is 10.8 Å². The fourth-order valence-electron chi connectivity index (χ4n) is 4.68. The minimum atomic E-state index is 0.471. The fraction of sp³-hybridized carbons (Fsp3) is 1.00. The molecular formula is C26H54. The number of hydrogen-bond donors (Lipinski definition) is 0. The average Bonchev–Trinajstić information content (AvgIpc) is 2.52. The Bertz CT molecular complexity index is 281. The van der Waals surface area contributed by atoms with Crippen LogP contribution in [0, 0.1) is 10.8 Å². The summed E-state index contributed by atoms with van der Waals surface area (Å²) in [5.74, 6) is 0. The molecule has 0 fully saturated rings. The second-order valence-electron chi connectivity index (χ2n) is 11.0. The van der Waals surface area contributed by atoms with Gasteiger partial charge in [0.1, 0.15) is 0 Å². The zero-order valence-corrected chi connectivity index (χ0v) is 19.7. The van der Waals surface area contributed by atoms with E-state index in [0.29, 0.717) is 10.8 Å². The molecule has 0 aliphatic carbocycles. The monoisotopic (exact) mass is 366 g/mol. The highest BCUT2D eigenvalue weighted by atomic mass is 14.3. The van der Waals surface area contributed by atoms with Gasteiger partial charge in [-0.3, -0.25) is 0 Å². The highest BCUT2D eigenvalue weighted by Crippen LogP contribution is 2.37. The highest BCUT2D eigenvalue weighted by Gasteiger charge is 2.24. The summed E-state index contributed by atoms with van der Waals surface area (Å²) < 4.78 is 0. The van der Waals surface area contributed by atoms with Gasteiger partial charge < -0.3 is 0 Å². The molecule has 0 aromatic heterocycles. The first-order chi connectivity index (χ1) is 12.3. The molecule has 0 aliphatic rings. The SMILES string of the molecule is CCCCCCCCCCCCCCCCCCC(C)(C)CC(C)(C)C. The van der Waals surface area contributed by atoms with Crippen LogP contribution in [0.15, 0.2) is 0 Å². The van der Waals surface area contributed by atoms with E-state index in [1.807, 2.05) is 0 Å². The van der Waals surface area contributed by atoms with Crippen LogP contribution in [0.4, 0.5) is 0 Å². The first-order valence-corrected chi connectivity index (χ1v) is 12.3. The lowest BCUT2D eigenvalue weighted by molar-refractivity contribution is 0.194. The summed E-state index contributed by atoms with van der Waals surface area (Å²) in [6.45, 7) is 14.4. The third-order valence-corrected chi connectivity index (χ3v) is 5.72. The van der Waals surface area contributed by atoms with Crippen LogP contribution in [0.1, 0.15) is 157 Å². The van der Waals surface area contributed by atoms with E-state index in [9.17, 15) is 0 Å². The molecule has 0 heterocycles. The van der Waals surface area contributed by atoms with Crippen molar-refractivity contribution in [1.82, 2.24) is 0 Å². The average molecular weight is 367 g/mol. The molecule has 0 bridgehead atoms.